The number of aliphatic imine (C=N–C) groups is 1. The number of nitrogens with zero attached hydrogens (tertiary/aromatic N) is 1. The molecule has 0 bridgehead atoms. The smallest absolute Gasteiger partial charge is 0.231 e. The van der Waals surface area contributed by atoms with Gasteiger partial charge in [0, 0.05) is 25.6 Å². The topological polar surface area (TPSA) is 64.1 Å². The Hall–Kier alpha value is -2.89. The molecule has 2 N–H and O–H groups in total. The molecule has 2 aliphatic rings. The molecule has 1 heterocycles. The molecular formula is C22H27N3O3. The van der Waals surface area contributed by atoms with E-state index in [4.69, 9.17) is 14.2 Å². The average molecular weight is 381 g/mol. The Kier molecular flexibility index (Phi) is 5.28. The van der Waals surface area contributed by atoms with Crippen LogP contribution in [0.1, 0.15) is 24.0 Å². The zero-order valence-electron chi connectivity index (χ0n) is 16.5. The summed E-state index contributed by atoms with van der Waals surface area (Å²) >= 11 is 0. The molecular weight excluding hydrogens is 354 g/mol. The van der Waals surface area contributed by atoms with Crippen molar-refractivity contribution in [1.82, 2.24) is 10.6 Å². The lowest BCUT2D eigenvalue weighted by molar-refractivity contribution is 0.174. The minimum atomic E-state index is 0.161. The largest absolute Gasteiger partial charge is 0.497 e. The molecule has 0 unspecified atom stereocenters. The number of hydrogen-bond acceptors (Lipinski definition) is 4. The van der Waals surface area contributed by atoms with Gasteiger partial charge in [0.2, 0.25) is 6.79 Å². The van der Waals surface area contributed by atoms with Crippen LogP contribution in [-0.4, -0.2) is 40.0 Å². The Labute approximate surface area is 165 Å². The van der Waals surface area contributed by atoms with Crippen LogP contribution in [0.25, 0.3) is 0 Å². The molecule has 0 atom stereocenters. The monoisotopic (exact) mass is 381 g/mol. The van der Waals surface area contributed by atoms with E-state index >= 15 is 0 Å². The first-order valence-corrected chi connectivity index (χ1v) is 9.70. The van der Waals surface area contributed by atoms with Crippen LogP contribution >= 0.6 is 0 Å². The Balaban J connectivity index is 1.28. The van der Waals surface area contributed by atoms with E-state index in [2.05, 4.69) is 39.9 Å². The molecule has 0 aromatic heterocycles. The summed E-state index contributed by atoms with van der Waals surface area (Å²) in [6.45, 7) is 1.99. The van der Waals surface area contributed by atoms with Gasteiger partial charge in [-0.05, 0) is 54.7 Å². The van der Waals surface area contributed by atoms with Crippen LogP contribution < -0.4 is 24.8 Å². The van der Waals surface area contributed by atoms with E-state index < -0.39 is 0 Å². The van der Waals surface area contributed by atoms with Crippen LogP contribution in [0.15, 0.2) is 47.5 Å². The van der Waals surface area contributed by atoms with Gasteiger partial charge in [0.1, 0.15) is 5.75 Å². The minimum absolute atomic E-state index is 0.161. The van der Waals surface area contributed by atoms with E-state index in [1.54, 1.807) is 7.11 Å². The lowest BCUT2D eigenvalue weighted by Gasteiger charge is -2.19. The number of rotatable bonds is 7. The van der Waals surface area contributed by atoms with Crippen LogP contribution in [0.2, 0.25) is 0 Å². The highest BCUT2D eigenvalue weighted by Crippen LogP contribution is 2.49. The lowest BCUT2D eigenvalue weighted by Crippen LogP contribution is -2.41. The number of hydrogen-bond donors (Lipinski definition) is 2. The van der Waals surface area contributed by atoms with Gasteiger partial charge < -0.3 is 24.8 Å². The summed E-state index contributed by atoms with van der Waals surface area (Å²) in [4.78, 5) is 4.36. The van der Waals surface area contributed by atoms with E-state index in [-0.39, 0.29) is 5.41 Å². The first-order chi connectivity index (χ1) is 13.7. The fourth-order valence-corrected chi connectivity index (χ4v) is 3.54. The average Bonchev–Trinajstić information content (AvgIpc) is 3.38. The zero-order valence-corrected chi connectivity index (χ0v) is 16.5. The van der Waals surface area contributed by atoms with Crippen molar-refractivity contribution >= 4 is 5.96 Å². The Morgan fingerprint density at radius 3 is 2.57 bits per heavy atom. The molecule has 6 nitrogen and oxygen atoms in total. The minimum Gasteiger partial charge on any atom is -0.497 e. The van der Waals surface area contributed by atoms with Gasteiger partial charge in [-0.25, -0.2) is 0 Å². The fourth-order valence-electron chi connectivity index (χ4n) is 3.54. The van der Waals surface area contributed by atoms with Gasteiger partial charge in [0.15, 0.2) is 17.5 Å². The van der Waals surface area contributed by atoms with Gasteiger partial charge in [-0.2, -0.15) is 0 Å². The highest BCUT2D eigenvalue weighted by atomic mass is 16.7. The predicted octanol–water partition coefficient (Wildman–Crippen LogP) is 2.86. The van der Waals surface area contributed by atoms with Crippen molar-refractivity contribution in [2.24, 2.45) is 4.99 Å². The Bertz CT molecular complexity index is 845. The van der Waals surface area contributed by atoms with Gasteiger partial charge in [-0.15, -0.1) is 0 Å². The maximum absolute atomic E-state index is 5.53. The van der Waals surface area contributed by atoms with E-state index in [9.17, 15) is 0 Å². The molecule has 4 rings (SSSR count). The van der Waals surface area contributed by atoms with Crippen molar-refractivity contribution in [3.8, 4) is 17.2 Å². The Morgan fingerprint density at radius 2 is 1.86 bits per heavy atom. The zero-order chi connectivity index (χ0) is 19.4. The second-order valence-corrected chi connectivity index (χ2v) is 7.30. The fraction of sp³-hybridized carbons (Fsp3) is 0.409. The molecule has 0 amide bonds. The van der Waals surface area contributed by atoms with Crippen molar-refractivity contribution in [2.75, 3.05) is 34.0 Å². The summed E-state index contributed by atoms with van der Waals surface area (Å²) in [7, 11) is 3.49. The molecule has 0 radical (unpaired) electrons. The quantitative estimate of drug-likeness (QED) is 0.570. The number of methoxy groups -OCH3 is 1. The standard InChI is InChI=1S/C22H27N3O3/c1-23-21(24-12-9-16-3-6-18(26-2)7-4-16)25-14-22(10-11-22)17-5-8-19-20(13-17)28-15-27-19/h3-8,13H,9-12,14-15H2,1-2H3,(H2,23,24,25). The van der Waals surface area contributed by atoms with Crippen molar-refractivity contribution in [3.05, 3.63) is 53.6 Å². The van der Waals surface area contributed by atoms with E-state index in [0.717, 1.165) is 42.7 Å². The van der Waals surface area contributed by atoms with Crippen molar-refractivity contribution in [2.45, 2.75) is 24.7 Å². The maximum Gasteiger partial charge on any atom is 0.231 e. The van der Waals surface area contributed by atoms with Gasteiger partial charge >= 0.3 is 0 Å². The number of ether oxygens (including phenoxy) is 3. The molecule has 2 aromatic carbocycles. The van der Waals surface area contributed by atoms with Crippen LogP contribution in [0.3, 0.4) is 0 Å². The first-order valence-electron chi connectivity index (χ1n) is 9.70. The number of nitrogens with one attached hydrogen (secondary N) is 2. The van der Waals surface area contributed by atoms with E-state index in [1.165, 1.54) is 24.0 Å². The van der Waals surface area contributed by atoms with Crippen LogP contribution in [-0.2, 0) is 11.8 Å². The molecule has 1 aliphatic heterocycles. The van der Waals surface area contributed by atoms with Gasteiger partial charge in [0.05, 0.1) is 7.11 Å². The molecule has 148 valence electrons. The van der Waals surface area contributed by atoms with Crippen molar-refractivity contribution < 1.29 is 14.2 Å². The molecule has 2 aromatic rings. The summed E-state index contributed by atoms with van der Waals surface area (Å²) in [6.07, 6.45) is 3.27. The molecule has 28 heavy (non-hydrogen) atoms. The molecule has 1 saturated carbocycles. The SMILES string of the molecule is CN=C(NCCc1ccc(OC)cc1)NCC1(c2ccc3c(c2)OCO3)CC1. The first kappa shape index (κ1) is 18.5. The van der Waals surface area contributed by atoms with Gasteiger partial charge in [0.25, 0.3) is 0 Å². The number of guanidine groups is 1. The molecule has 1 aliphatic carbocycles. The highest BCUT2D eigenvalue weighted by Gasteiger charge is 2.44. The Morgan fingerprint density at radius 1 is 1.07 bits per heavy atom. The molecule has 1 fully saturated rings. The third-order valence-corrected chi connectivity index (χ3v) is 5.52. The summed E-state index contributed by atoms with van der Waals surface area (Å²) in [6, 6.07) is 14.5. The third-order valence-electron chi connectivity index (χ3n) is 5.52. The number of fused-ring (bicyclic) bond motifs is 1. The van der Waals surface area contributed by atoms with Gasteiger partial charge in [-0.3, -0.25) is 4.99 Å². The second kappa shape index (κ2) is 8.00. The van der Waals surface area contributed by atoms with Crippen molar-refractivity contribution in [3.63, 3.8) is 0 Å². The van der Waals surface area contributed by atoms with Crippen LogP contribution in [0.5, 0.6) is 17.2 Å². The molecule has 0 saturated heterocycles. The lowest BCUT2D eigenvalue weighted by atomic mass is 9.95. The predicted molar refractivity (Wildman–Crippen MR) is 110 cm³/mol. The normalized spacial score (nSPS) is 16.6. The molecule has 0 spiro atoms. The van der Waals surface area contributed by atoms with E-state index in [0.29, 0.717) is 6.79 Å². The second-order valence-electron chi connectivity index (χ2n) is 7.30. The third kappa shape index (κ3) is 4.01. The highest BCUT2D eigenvalue weighted by molar-refractivity contribution is 5.79. The summed E-state index contributed by atoms with van der Waals surface area (Å²) in [5, 5.41) is 6.89. The summed E-state index contributed by atoms with van der Waals surface area (Å²) < 4.78 is 16.2. The van der Waals surface area contributed by atoms with E-state index in [1.807, 2.05) is 25.2 Å². The van der Waals surface area contributed by atoms with Crippen LogP contribution in [0, 0.1) is 0 Å². The van der Waals surface area contributed by atoms with Gasteiger partial charge in [-0.1, -0.05) is 18.2 Å². The summed E-state index contributed by atoms with van der Waals surface area (Å²) in [5.41, 5.74) is 2.73. The van der Waals surface area contributed by atoms with Crippen molar-refractivity contribution in [1.29, 1.82) is 0 Å². The number of benzene rings is 2. The summed E-state index contributed by atoms with van der Waals surface area (Å²) in [5.74, 6) is 3.40. The maximum atomic E-state index is 5.53. The van der Waals surface area contributed by atoms with Crippen LogP contribution in [0.4, 0.5) is 0 Å². The molecule has 6 heteroatoms.